The van der Waals surface area contributed by atoms with Gasteiger partial charge in [-0.15, -0.1) is 0 Å². The van der Waals surface area contributed by atoms with Gasteiger partial charge in [-0.1, -0.05) is 23.2 Å². The number of nitrogens with one attached hydrogen (secondary N) is 1. The summed E-state index contributed by atoms with van der Waals surface area (Å²) in [5.41, 5.74) is 4.47. The van der Waals surface area contributed by atoms with Gasteiger partial charge < -0.3 is 14.4 Å². The molecule has 2 aliphatic heterocycles. The Bertz CT molecular complexity index is 1390. The number of ether oxygens (including phenoxy) is 2. The fourth-order valence-electron chi connectivity index (χ4n) is 5.04. The summed E-state index contributed by atoms with van der Waals surface area (Å²) in [6.45, 7) is 7.53. The molecule has 0 bridgehead atoms. The van der Waals surface area contributed by atoms with E-state index in [0.29, 0.717) is 21.2 Å². The van der Waals surface area contributed by atoms with Crippen LogP contribution in [-0.2, 0) is 4.74 Å². The number of nitrogens with zero attached hydrogens (tertiary/aromatic N) is 4. The lowest BCUT2D eigenvalue weighted by atomic mass is 9.79. The summed E-state index contributed by atoms with van der Waals surface area (Å²) in [5, 5.41) is 9.62. The van der Waals surface area contributed by atoms with Gasteiger partial charge in [0.1, 0.15) is 23.4 Å². The highest BCUT2D eigenvalue weighted by atomic mass is 35.5. The standard InChI is InChI=1S/C26H25Cl2N5O2/c1-15-24(28)23(20(27)11-29-15)16(2)35-18-4-5-21-19(9-18)25(32-31-21)17-3-6-22(30-10-17)33-12-26(13-33)7-8-34-14-26/h3-6,9-11,16H,7-8,12-14H2,1-2H3,(H,31,32)/t16-/m1/s1. The zero-order chi connectivity index (χ0) is 24.2. The first kappa shape index (κ1) is 22.6. The van der Waals surface area contributed by atoms with Gasteiger partial charge in [-0.05, 0) is 50.6 Å². The van der Waals surface area contributed by atoms with Crippen molar-refractivity contribution in [1.29, 1.82) is 0 Å². The second-order valence-electron chi connectivity index (χ2n) is 9.52. The summed E-state index contributed by atoms with van der Waals surface area (Å²) in [6.07, 6.45) is 4.28. The van der Waals surface area contributed by atoms with E-state index < -0.39 is 0 Å². The Labute approximate surface area is 213 Å². The molecular formula is C26H25Cl2N5O2. The van der Waals surface area contributed by atoms with Gasteiger partial charge in [0, 0.05) is 54.0 Å². The molecule has 0 radical (unpaired) electrons. The lowest BCUT2D eigenvalue weighted by Crippen LogP contribution is -2.57. The molecule has 0 saturated carbocycles. The molecule has 0 unspecified atom stereocenters. The van der Waals surface area contributed by atoms with E-state index in [9.17, 15) is 0 Å². The van der Waals surface area contributed by atoms with Crippen LogP contribution in [0.25, 0.3) is 22.2 Å². The Hall–Kier alpha value is -2.87. The Balaban J connectivity index is 1.23. The average molecular weight is 510 g/mol. The fourth-order valence-corrected chi connectivity index (χ4v) is 5.69. The molecule has 3 aromatic heterocycles. The molecule has 5 heterocycles. The first-order valence-corrected chi connectivity index (χ1v) is 12.4. The molecule has 0 amide bonds. The fraction of sp³-hybridized carbons (Fsp3) is 0.346. The highest BCUT2D eigenvalue weighted by Crippen LogP contribution is 2.41. The SMILES string of the molecule is Cc1ncc(Cl)c([C@@H](C)Oc2ccc3[nH]nc(-c4ccc(N5CC6(CCOC6)C5)nc4)c3c2)c1Cl. The van der Waals surface area contributed by atoms with E-state index in [1.54, 1.807) is 6.20 Å². The maximum absolute atomic E-state index is 6.47. The number of fused-ring (bicyclic) bond motifs is 1. The number of H-pyrrole nitrogens is 1. The number of pyridine rings is 2. The molecular weight excluding hydrogens is 485 g/mol. The van der Waals surface area contributed by atoms with Crippen molar-refractivity contribution in [2.24, 2.45) is 5.41 Å². The lowest BCUT2D eigenvalue weighted by molar-refractivity contribution is 0.131. The number of rotatable bonds is 5. The predicted octanol–water partition coefficient (Wildman–Crippen LogP) is 6.00. The van der Waals surface area contributed by atoms with Gasteiger partial charge in [0.2, 0.25) is 0 Å². The second kappa shape index (κ2) is 8.66. The predicted molar refractivity (Wildman–Crippen MR) is 137 cm³/mol. The van der Waals surface area contributed by atoms with Crippen LogP contribution in [-0.4, -0.2) is 46.5 Å². The smallest absolute Gasteiger partial charge is 0.128 e. The van der Waals surface area contributed by atoms with Gasteiger partial charge in [-0.2, -0.15) is 5.10 Å². The quantitative estimate of drug-likeness (QED) is 0.355. The van der Waals surface area contributed by atoms with Crippen molar-refractivity contribution in [2.75, 3.05) is 31.2 Å². The van der Waals surface area contributed by atoms with Crippen LogP contribution in [0.2, 0.25) is 10.0 Å². The van der Waals surface area contributed by atoms with Crippen LogP contribution in [0.15, 0.2) is 42.7 Å². The van der Waals surface area contributed by atoms with E-state index in [1.165, 1.54) is 0 Å². The van der Waals surface area contributed by atoms with Crippen molar-refractivity contribution in [3.05, 3.63) is 64.0 Å². The number of benzene rings is 1. The first-order valence-electron chi connectivity index (χ1n) is 11.7. The van der Waals surface area contributed by atoms with Crippen LogP contribution >= 0.6 is 23.2 Å². The van der Waals surface area contributed by atoms with Gasteiger partial charge in [-0.3, -0.25) is 10.1 Å². The first-order chi connectivity index (χ1) is 16.9. The minimum atomic E-state index is -0.351. The van der Waals surface area contributed by atoms with Crippen LogP contribution in [0.4, 0.5) is 5.82 Å². The molecule has 1 aromatic carbocycles. The molecule has 1 atom stereocenters. The summed E-state index contributed by atoms with van der Waals surface area (Å²) in [6, 6.07) is 9.98. The second-order valence-corrected chi connectivity index (χ2v) is 10.3. The Morgan fingerprint density at radius 1 is 1.14 bits per heavy atom. The number of anilines is 1. The molecule has 35 heavy (non-hydrogen) atoms. The summed E-state index contributed by atoms with van der Waals surface area (Å²) < 4.78 is 11.8. The highest BCUT2D eigenvalue weighted by molar-refractivity contribution is 6.36. The van der Waals surface area contributed by atoms with Crippen LogP contribution in [0.1, 0.15) is 30.7 Å². The lowest BCUT2D eigenvalue weighted by Gasteiger charge is -2.47. The monoisotopic (exact) mass is 509 g/mol. The van der Waals surface area contributed by atoms with Gasteiger partial charge in [-0.25, -0.2) is 4.98 Å². The molecule has 4 aromatic rings. The molecule has 2 fully saturated rings. The molecule has 6 rings (SSSR count). The molecule has 2 saturated heterocycles. The normalized spacial score (nSPS) is 17.7. The molecule has 0 aliphatic carbocycles. The van der Waals surface area contributed by atoms with Crippen molar-refractivity contribution in [2.45, 2.75) is 26.4 Å². The molecule has 2 aliphatic rings. The third kappa shape index (κ3) is 4.01. The molecule has 7 nitrogen and oxygen atoms in total. The van der Waals surface area contributed by atoms with Crippen molar-refractivity contribution in [1.82, 2.24) is 20.2 Å². The Kier molecular flexibility index (Phi) is 5.59. The average Bonchev–Trinajstić information content (AvgIpc) is 3.49. The summed E-state index contributed by atoms with van der Waals surface area (Å²) in [4.78, 5) is 11.2. The van der Waals surface area contributed by atoms with Crippen molar-refractivity contribution in [3.8, 4) is 17.0 Å². The molecule has 9 heteroatoms. The van der Waals surface area contributed by atoms with E-state index in [2.05, 4.69) is 32.2 Å². The van der Waals surface area contributed by atoms with E-state index in [0.717, 1.165) is 72.0 Å². The minimum absolute atomic E-state index is 0.329. The maximum Gasteiger partial charge on any atom is 0.128 e. The van der Waals surface area contributed by atoms with Crippen LogP contribution in [0, 0.1) is 12.3 Å². The zero-order valence-electron chi connectivity index (χ0n) is 19.5. The third-order valence-electron chi connectivity index (χ3n) is 7.02. The third-order valence-corrected chi connectivity index (χ3v) is 7.80. The summed E-state index contributed by atoms with van der Waals surface area (Å²) >= 11 is 12.8. The van der Waals surface area contributed by atoms with Gasteiger partial charge in [0.25, 0.3) is 0 Å². The van der Waals surface area contributed by atoms with Crippen molar-refractivity contribution < 1.29 is 9.47 Å². The van der Waals surface area contributed by atoms with Crippen LogP contribution < -0.4 is 9.64 Å². The summed E-state index contributed by atoms with van der Waals surface area (Å²) in [5.74, 6) is 1.69. The van der Waals surface area contributed by atoms with E-state index >= 15 is 0 Å². The number of hydrogen-bond donors (Lipinski definition) is 1. The number of aromatic nitrogens is 4. The number of aryl methyl sites for hydroxylation is 1. The van der Waals surface area contributed by atoms with E-state index in [1.807, 2.05) is 38.2 Å². The molecule has 1 spiro atoms. The number of halogens is 2. The Morgan fingerprint density at radius 2 is 2.00 bits per heavy atom. The van der Waals surface area contributed by atoms with Crippen molar-refractivity contribution >= 4 is 39.9 Å². The molecule has 1 N–H and O–H groups in total. The summed E-state index contributed by atoms with van der Waals surface area (Å²) in [7, 11) is 0. The topological polar surface area (TPSA) is 76.2 Å². The van der Waals surface area contributed by atoms with Crippen molar-refractivity contribution in [3.63, 3.8) is 0 Å². The van der Waals surface area contributed by atoms with Gasteiger partial charge in [0.15, 0.2) is 0 Å². The van der Waals surface area contributed by atoms with Gasteiger partial charge >= 0.3 is 0 Å². The molecule has 180 valence electrons. The minimum Gasteiger partial charge on any atom is -0.486 e. The van der Waals surface area contributed by atoms with E-state index in [-0.39, 0.29) is 6.10 Å². The van der Waals surface area contributed by atoms with Crippen LogP contribution in [0.5, 0.6) is 5.75 Å². The highest BCUT2D eigenvalue weighted by Gasteiger charge is 2.46. The number of aromatic amines is 1. The zero-order valence-corrected chi connectivity index (χ0v) is 21.0. The van der Waals surface area contributed by atoms with Crippen LogP contribution in [0.3, 0.4) is 0 Å². The number of hydrogen-bond acceptors (Lipinski definition) is 6. The maximum atomic E-state index is 6.47. The Morgan fingerprint density at radius 3 is 2.74 bits per heavy atom. The van der Waals surface area contributed by atoms with E-state index in [4.69, 9.17) is 37.7 Å². The largest absolute Gasteiger partial charge is 0.486 e. The van der Waals surface area contributed by atoms with Gasteiger partial charge in [0.05, 0.1) is 27.9 Å².